The highest BCUT2D eigenvalue weighted by atomic mass is 32.2. The summed E-state index contributed by atoms with van der Waals surface area (Å²) in [5.74, 6) is 1.15. The van der Waals surface area contributed by atoms with Gasteiger partial charge in [-0.05, 0) is 13.8 Å². The lowest BCUT2D eigenvalue weighted by molar-refractivity contribution is 0.389. The lowest BCUT2D eigenvalue weighted by Gasteiger charge is -2.10. The SMILES string of the molecule is Cc1nc(CN(C)S(C)(=O)=O)oc1C. The van der Waals surface area contributed by atoms with Gasteiger partial charge in [0.25, 0.3) is 0 Å². The number of oxazole rings is 1. The van der Waals surface area contributed by atoms with Gasteiger partial charge in [-0.25, -0.2) is 13.4 Å². The number of aromatic nitrogens is 1. The molecule has 1 aromatic heterocycles. The number of sulfonamides is 1. The van der Waals surface area contributed by atoms with Crippen molar-refractivity contribution in [1.82, 2.24) is 9.29 Å². The van der Waals surface area contributed by atoms with Crippen molar-refractivity contribution in [2.24, 2.45) is 0 Å². The normalized spacial score (nSPS) is 12.4. The molecule has 14 heavy (non-hydrogen) atoms. The zero-order valence-electron chi connectivity index (χ0n) is 8.73. The number of hydrogen-bond donors (Lipinski definition) is 0. The molecule has 0 N–H and O–H groups in total. The summed E-state index contributed by atoms with van der Waals surface area (Å²) in [6.07, 6.45) is 1.15. The van der Waals surface area contributed by atoms with Gasteiger partial charge in [0.2, 0.25) is 15.9 Å². The quantitative estimate of drug-likeness (QED) is 0.748. The third-order valence-electron chi connectivity index (χ3n) is 2.00. The molecule has 5 nitrogen and oxygen atoms in total. The van der Waals surface area contributed by atoms with Crippen molar-refractivity contribution in [3.63, 3.8) is 0 Å². The third kappa shape index (κ3) is 2.55. The molecule has 0 aliphatic heterocycles. The van der Waals surface area contributed by atoms with E-state index in [1.807, 2.05) is 6.92 Å². The Morgan fingerprint density at radius 2 is 2.00 bits per heavy atom. The van der Waals surface area contributed by atoms with Crippen LogP contribution in [-0.4, -0.2) is 31.0 Å². The first kappa shape index (κ1) is 11.2. The molecule has 0 atom stereocenters. The first-order valence-electron chi connectivity index (χ1n) is 4.15. The highest BCUT2D eigenvalue weighted by Crippen LogP contribution is 2.10. The Morgan fingerprint density at radius 3 is 2.36 bits per heavy atom. The van der Waals surface area contributed by atoms with Gasteiger partial charge >= 0.3 is 0 Å². The lowest BCUT2D eigenvalue weighted by atomic mass is 10.4. The van der Waals surface area contributed by atoms with Crippen molar-refractivity contribution in [2.45, 2.75) is 20.4 Å². The molecule has 0 saturated carbocycles. The zero-order chi connectivity index (χ0) is 10.9. The van der Waals surface area contributed by atoms with E-state index in [2.05, 4.69) is 4.98 Å². The summed E-state index contributed by atoms with van der Waals surface area (Å²) >= 11 is 0. The first-order valence-corrected chi connectivity index (χ1v) is 5.99. The van der Waals surface area contributed by atoms with Crippen molar-refractivity contribution in [3.8, 4) is 0 Å². The average Bonchev–Trinajstić information content (AvgIpc) is 2.29. The lowest BCUT2D eigenvalue weighted by Crippen LogP contribution is -2.25. The number of aryl methyl sites for hydroxylation is 2. The standard InChI is InChI=1S/C8H14N2O3S/c1-6-7(2)13-8(9-6)5-10(3)14(4,11)12/h5H2,1-4H3. The predicted octanol–water partition coefficient (Wildman–Crippen LogP) is 0.683. The van der Waals surface area contributed by atoms with E-state index in [0.717, 1.165) is 17.7 Å². The van der Waals surface area contributed by atoms with E-state index >= 15 is 0 Å². The molecule has 0 aromatic carbocycles. The molecule has 0 amide bonds. The van der Waals surface area contributed by atoms with Crippen LogP contribution in [0.1, 0.15) is 17.3 Å². The molecular weight excluding hydrogens is 204 g/mol. The van der Waals surface area contributed by atoms with Gasteiger partial charge in [-0.1, -0.05) is 0 Å². The maximum atomic E-state index is 11.1. The Morgan fingerprint density at radius 1 is 1.43 bits per heavy atom. The summed E-state index contributed by atoms with van der Waals surface area (Å²) in [5, 5.41) is 0. The summed E-state index contributed by atoms with van der Waals surface area (Å²) in [7, 11) is -1.68. The molecule has 0 radical (unpaired) electrons. The molecule has 0 unspecified atom stereocenters. The van der Waals surface area contributed by atoms with Gasteiger partial charge in [-0.2, -0.15) is 4.31 Å². The topological polar surface area (TPSA) is 63.4 Å². The largest absolute Gasteiger partial charge is 0.444 e. The maximum absolute atomic E-state index is 11.1. The fourth-order valence-electron chi connectivity index (χ4n) is 0.915. The van der Waals surface area contributed by atoms with E-state index in [0.29, 0.717) is 5.89 Å². The van der Waals surface area contributed by atoms with Crippen LogP contribution >= 0.6 is 0 Å². The minimum absolute atomic E-state index is 0.174. The van der Waals surface area contributed by atoms with Gasteiger partial charge in [0, 0.05) is 7.05 Å². The van der Waals surface area contributed by atoms with Crippen LogP contribution in [0, 0.1) is 13.8 Å². The van der Waals surface area contributed by atoms with Crippen LogP contribution in [0.4, 0.5) is 0 Å². The third-order valence-corrected chi connectivity index (χ3v) is 3.26. The monoisotopic (exact) mass is 218 g/mol. The van der Waals surface area contributed by atoms with Gasteiger partial charge in [0.05, 0.1) is 18.5 Å². The molecule has 0 aliphatic rings. The van der Waals surface area contributed by atoms with E-state index < -0.39 is 10.0 Å². The summed E-state index contributed by atoms with van der Waals surface area (Å²) < 4.78 is 28.6. The molecular formula is C8H14N2O3S. The molecule has 1 rings (SSSR count). The smallest absolute Gasteiger partial charge is 0.211 e. The Labute approximate surface area is 83.8 Å². The van der Waals surface area contributed by atoms with Crippen molar-refractivity contribution < 1.29 is 12.8 Å². The summed E-state index contributed by atoms with van der Waals surface area (Å²) in [6, 6.07) is 0. The molecule has 80 valence electrons. The van der Waals surface area contributed by atoms with Crippen molar-refractivity contribution in [2.75, 3.05) is 13.3 Å². The number of hydrogen-bond acceptors (Lipinski definition) is 4. The van der Waals surface area contributed by atoms with Crippen LogP contribution < -0.4 is 0 Å². The Hall–Kier alpha value is -0.880. The van der Waals surface area contributed by atoms with E-state index in [1.165, 1.54) is 11.4 Å². The molecule has 1 aromatic rings. The van der Waals surface area contributed by atoms with Crippen LogP contribution in [0.15, 0.2) is 4.42 Å². The fraction of sp³-hybridized carbons (Fsp3) is 0.625. The molecule has 1 heterocycles. The van der Waals surface area contributed by atoms with E-state index in [1.54, 1.807) is 6.92 Å². The molecule has 6 heteroatoms. The Bertz CT molecular complexity index is 402. The van der Waals surface area contributed by atoms with E-state index in [-0.39, 0.29) is 6.54 Å². The van der Waals surface area contributed by atoms with Crippen molar-refractivity contribution >= 4 is 10.0 Å². The number of rotatable bonds is 3. The first-order chi connectivity index (χ1) is 6.30. The molecule has 0 aliphatic carbocycles. The van der Waals surface area contributed by atoms with Crippen LogP contribution in [0.2, 0.25) is 0 Å². The van der Waals surface area contributed by atoms with Gasteiger partial charge < -0.3 is 4.42 Å². The predicted molar refractivity (Wildman–Crippen MR) is 52.3 cm³/mol. The fourth-order valence-corrected chi connectivity index (χ4v) is 1.26. The van der Waals surface area contributed by atoms with Gasteiger partial charge in [0.15, 0.2) is 0 Å². The summed E-state index contributed by atoms with van der Waals surface area (Å²) in [5.41, 5.74) is 0.793. The van der Waals surface area contributed by atoms with Crippen molar-refractivity contribution in [1.29, 1.82) is 0 Å². The second kappa shape index (κ2) is 3.70. The Kier molecular flexibility index (Phi) is 2.96. The summed E-state index contributed by atoms with van der Waals surface area (Å²) in [4.78, 5) is 4.09. The van der Waals surface area contributed by atoms with Crippen LogP contribution in [0.25, 0.3) is 0 Å². The van der Waals surface area contributed by atoms with Crippen LogP contribution in [0.5, 0.6) is 0 Å². The maximum Gasteiger partial charge on any atom is 0.211 e. The Balaban J connectivity index is 2.80. The minimum Gasteiger partial charge on any atom is -0.444 e. The van der Waals surface area contributed by atoms with Gasteiger partial charge in [-0.3, -0.25) is 0 Å². The second-order valence-corrected chi connectivity index (χ2v) is 5.36. The number of nitrogens with zero attached hydrogens (tertiary/aromatic N) is 2. The molecule has 0 saturated heterocycles. The molecule has 0 bridgehead atoms. The van der Waals surface area contributed by atoms with Crippen LogP contribution in [0.3, 0.4) is 0 Å². The van der Waals surface area contributed by atoms with Crippen LogP contribution in [-0.2, 0) is 16.6 Å². The minimum atomic E-state index is -3.17. The highest BCUT2D eigenvalue weighted by molar-refractivity contribution is 7.88. The molecule has 0 fully saturated rings. The van der Waals surface area contributed by atoms with E-state index in [9.17, 15) is 8.42 Å². The second-order valence-electron chi connectivity index (χ2n) is 3.27. The van der Waals surface area contributed by atoms with Gasteiger partial charge in [-0.15, -0.1) is 0 Å². The highest BCUT2D eigenvalue weighted by Gasteiger charge is 2.15. The summed E-state index contributed by atoms with van der Waals surface area (Å²) in [6.45, 7) is 3.79. The van der Waals surface area contributed by atoms with Gasteiger partial charge in [0.1, 0.15) is 5.76 Å². The zero-order valence-corrected chi connectivity index (χ0v) is 9.55. The molecule has 0 spiro atoms. The van der Waals surface area contributed by atoms with Crippen molar-refractivity contribution in [3.05, 3.63) is 17.3 Å². The average molecular weight is 218 g/mol. The van der Waals surface area contributed by atoms with E-state index in [4.69, 9.17) is 4.42 Å².